The van der Waals surface area contributed by atoms with Crippen LogP contribution in [0.3, 0.4) is 0 Å². The second-order valence-electron chi connectivity index (χ2n) is 5.61. The summed E-state index contributed by atoms with van der Waals surface area (Å²) in [6.07, 6.45) is 0.739. The van der Waals surface area contributed by atoms with Gasteiger partial charge in [-0.15, -0.1) is 0 Å². The molecule has 1 aliphatic rings. The van der Waals surface area contributed by atoms with E-state index in [-0.39, 0.29) is 29.0 Å². The van der Waals surface area contributed by atoms with Gasteiger partial charge >= 0.3 is 0 Å². The van der Waals surface area contributed by atoms with Crippen LogP contribution in [0, 0.1) is 16.0 Å². The average Bonchev–Trinajstić information content (AvgIpc) is 3.41. The molecule has 2 aromatic rings. The highest BCUT2D eigenvalue weighted by molar-refractivity contribution is 5.96. The van der Waals surface area contributed by atoms with Crippen molar-refractivity contribution in [1.82, 2.24) is 10.9 Å². The lowest BCUT2D eigenvalue weighted by Crippen LogP contribution is -2.42. The van der Waals surface area contributed by atoms with Gasteiger partial charge in [-0.05, 0) is 24.0 Å². The number of nitro benzene ring substituents is 1. The SMILES string of the molecule is O=C(NNC(=O)[C@H]1C[C@H]1c1ccccc1)c1cccc([N+](=O)[O-])c1. The predicted octanol–water partition coefficient (Wildman–Crippen LogP) is 2.16. The summed E-state index contributed by atoms with van der Waals surface area (Å²) < 4.78 is 0. The third-order valence-electron chi connectivity index (χ3n) is 3.97. The van der Waals surface area contributed by atoms with Gasteiger partial charge in [0.1, 0.15) is 0 Å². The molecule has 3 rings (SSSR count). The maximum atomic E-state index is 12.1. The molecular weight excluding hydrogens is 310 g/mol. The first-order valence-corrected chi connectivity index (χ1v) is 7.46. The van der Waals surface area contributed by atoms with Crippen LogP contribution in [0.5, 0.6) is 0 Å². The molecule has 0 saturated heterocycles. The van der Waals surface area contributed by atoms with E-state index in [1.54, 1.807) is 0 Å². The van der Waals surface area contributed by atoms with Gasteiger partial charge in [-0.2, -0.15) is 0 Å². The van der Waals surface area contributed by atoms with E-state index in [4.69, 9.17) is 0 Å². The Kier molecular flexibility index (Phi) is 4.24. The zero-order valence-electron chi connectivity index (χ0n) is 12.6. The second-order valence-corrected chi connectivity index (χ2v) is 5.61. The Morgan fingerprint density at radius 3 is 2.50 bits per heavy atom. The van der Waals surface area contributed by atoms with Crippen molar-refractivity contribution in [3.63, 3.8) is 0 Å². The molecule has 24 heavy (non-hydrogen) atoms. The number of nitrogens with zero attached hydrogens (tertiary/aromatic N) is 1. The number of hydrogen-bond acceptors (Lipinski definition) is 4. The number of hydrogen-bond donors (Lipinski definition) is 2. The van der Waals surface area contributed by atoms with E-state index in [1.165, 1.54) is 18.2 Å². The first-order chi connectivity index (χ1) is 11.6. The quantitative estimate of drug-likeness (QED) is 0.664. The van der Waals surface area contributed by atoms with Gasteiger partial charge in [-0.1, -0.05) is 36.4 Å². The maximum absolute atomic E-state index is 12.1. The molecule has 7 heteroatoms. The number of hydrazine groups is 1. The lowest BCUT2D eigenvalue weighted by molar-refractivity contribution is -0.384. The Morgan fingerprint density at radius 1 is 1.04 bits per heavy atom. The van der Waals surface area contributed by atoms with E-state index in [1.807, 2.05) is 30.3 Å². The van der Waals surface area contributed by atoms with E-state index in [2.05, 4.69) is 10.9 Å². The number of nitro groups is 1. The predicted molar refractivity (Wildman–Crippen MR) is 86.0 cm³/mol. The van der Waals surface area contributed by atoms with Crippen molar-refractivity contribution in [2.75, 3.05) is 0 Å². The molecule has 1 fully saturated rings. The number of carbonyl (C=O) groups is 2. The molecule has 0 spiro atoms. The van der Waals surface area contributed by atoms with Crippen LogP contribution in [0.15, 0.2) is 54.6 Å². The zero-order valence-corrected chi connectivity index (χ0v) is 12.6. The summed E-state index contributed by atoms with van der Waals surface area (Å²) in [6, 6.07) is 15.0. The van der Waals surface area contributed by atoms with Crippen LogP contribution in [0.2, 0.25) is 0 Å². The second kappa shape index (κ2) is 6.49. The fraction of sp³-hybridized carbons (Fsp3) is 0.176. The van der Waals surface area contributed by atoms with Crippen LogP contribution in [-0.4, -0.2) is 16.7 Å². The van der Waals surface area contributed by atoms with E-state index >= 15 is 0 Å². The molecule has 0 unspecified atom stereocenters. The van der Waals surface area contributed by atoms with Crippen LogP contribution < -0.4 is 10.9 Å². The standard InChI is InChI=1S/C17H15N3O4/c21-16(12-7-4-8-13(9-12)20(23)24)18-19-17(22)15-10-14(15)11-5-2-1-3-6-11/h1-9,14-15H,10H2,(H,18,21)(H,19,22)/t14-,15-/m0/s1. The van der Waals surface area contributed by atoms with Gasteiger partial charge in [0.15, 0.2) is 0 Å². The largest absolute Gasteiger partial charge is 0.273 e. The minimum atomic E-state index is -0.594. The maximum Gasteiger partial charge on any atom is 0.270 e. The molecule has 2 N–H and O–H groups in total. The van der Waals surface area contributed by atoms with Crippen LogP contribution in [-0.2, 0) is 4.79 Å². The number of carbonyl (C=O) groups excluding carboxylic acids is 2. The Bertz CT molecular complexity index is 791. The van der Waals surface area contributed by atoms with Gasteiger partial charge in [0, 0.05) is 23.6 Å². The summed E-state index contributed by atoms with van der Waals surface area (Å²) in [7, 11) is 0. The first-order valence-electron chi connectivity index (χ1n) is 7.46. The highest BCUT2D eigenvalue weighted by atomic mass is 16.6. The van der Waals surface area contributed by atoms with Crippen LogP contribution in [0.1, 0.15) is 28.3 Å². The van der Waals surface area contributed by atoms with Gasteiger partial charge in [-0.3, -0.25) is 30.6 Å². The van der Waals surface area contributed by atoms with Crippen LogP contribution in [0.4, 0.5) is 5.69 Å². The Hall–Kier alpha value is -3.22. The van der Waals surface area contributed by atoms with Crippen molar-refractivity contribution in [2.45, 2.75) is 12.3 Å². The molecule has 2 aromatic carbocycles. The zero-order chi connectivity index (χ0) is 17.1. The number of non-ortho nitro benzene ring substituents is 1. The molecule has 1 saturated carbocycles. The minimum absolute atomic E-state index is 0.111. The fourth-order valence-electron chi connectivity index (χ4n) is 2.60. The number of benzene rings is 2. The minimum Gasteiger partial charge on any atom is -0.273 e. The summed E-state index contributed by atoms with van der Waals surface area (Å²) in [5.41, 5.74) is 5.71. The monoisotopic (exact) mass is 325 g/mol. The number of nitrogens with one attached hydrogen (secondary N) is 2. The molecule has 7 nitrogen and oxygen atoms in total. The third-order valence-corrected chi connectivity index (χ3v) is 3.97. The van der Waals surface area contributed by atoms with E-state index in [0.29, 0.717) is 0 Å². The smallest absolute Gasteiger partial charge is 0.270 e. The molecular formula is C17H15N3O4. The third kappa shape index (κ3) is 3.40. The lowest BCUT2D eigenvalue weighted by Gasteiger charge is -2.07. The summed E-state index contributed by atoms with van der Waals surface area (Å²) >= 11 is 0. The topological polar surface area (TPSA) is 101 Å². The van der Waals surface area contributed by atoms with Crippen molar-refractivity contribution in [3.05, 3.63) is 75.8 Å². The molecule has 0 aromatic heterocycles. The highest BCUT2D eigenvalue weighted by Crippen LogP contribution is 2.47. The summed E-state index contributed by atoms with van der Waals surface area (Å²) in [5, 5.41) is 10.7. The summed E-state index contributed by atoms with van der Waals surface area (Å²) in [6.45, 7) is 0. The fourth-order valence-corrected chi connectivity index (χ4v) is 2.60. The lowest BCUT2D eigenvalue weighted by atomic mass is 10.1. The highest BCUT2D eigenvalue weighted by Gasteiger charge is 2.43. The van der Waals surface area contributed by atoms with Crippen molar-refractivity contribution in [3.8, 4) is 0 Å². The average molecular weight is 325 g/mol. The first kappa shape index (κ1) is 15.7. The molecule has 0 radical (unpaired) electrons. The summed E-state index contributed by atoms with van der Waals surface area (Å²) in [5.74, 6) is -0.856. The molecule has 1 aliphatic carbocycles. The normalized spacial score (nSPS) is 18.5. The van der Waals surface area contributed by atoms with Crippen LogP contribution >= 0.6 is 0 Å². The van der Waals surface area contributed by atoms with Crippen molar-refractivity contribution < 1.29 is 14.5 Å². The Morgan fingerprint density at radius 2 is 1.79 bits per heavy atom. The van der Waals surface area contributed by atoms with Gasteiger partial charge in [0.2, 0.25) is 5.91 Å². The van der Waals surface area contributed by atoms with Crippen molar-refractivity contribution in [2.24, 2.45) is 5.92 Å². The molecule has 122 valence electrons. The van der Waals surface area contributed by atoms with Gasteiger partial charge in [0.25, 0.3) is 11.6 Å². The molecule has 2 amide bonds. The van der Waals surface area contributed by atoms with Crippen molar-refractivity contribution in [1.29, 1.82) is 0 Å². The van der Waals surface area contributed by atoms with Crippen LogP contribution in [0.25, 0.3) is 0 Å². The van der Waals surface area contributed by atoms with Gasteiger partial charge in [-0.25, -0.2) is 0 Å². The number of amides is 2. The Balaban J connectivity index is 1.55. The van der Waals surface area contributed by atoms with Gasteiger partial charge in [0.05, 0.1) is 4.92 Å². The Labute approximate surface area is 137 Å². The molecule has 0 heterocycles. The van der Waals surface area contributed by atoms with Crippen molar-refractivity contribution >= 4 is 17.5 Å². The van der Waals surface area contributed by atoms with E-state index < -0.39 is 10.8 Å². The van der Waals surface area contributed by atoms with Gasteiger partial charge < -0.3 is 0 Å². The number of rotatable bonds is 4. The van der Waals surface area contributed by atoms with E-state index in [9.17, 15) is 19.7 Å². The molecule has 0 aliphatic heterocycles. The van der Waals surface area contributed by atoms with E-state index in [0.717, 1.165) is 18.1 Å². The molecule has 0 bridgehead atoms. The molecule has 2 atom stereocenters. The summed E-state index contributed by atoms with van der Waals surface area (Å²) in [4.78, 5) is 34.2.